The molecule has 19 heavy (non-hydrogen) atoms. The molecule has 0 fully saturated rings. The lowest BCUT2D eigenvalue weighted by atomic mass is 10.2. The van der Waals surface area contributed by atoms with Crippen molar-refractivity contribution in [2.75, 3.05) is 0 Å². The van der Waals surface area contributed by atoms with Gasteiger partial charge in [-0.3, -0.25) is 0 Å². The highest BCUT2D eigenvalue weighted by atomic mass is 79.9. The largest absolute Gasteiger partial charge is 0.459 e. The van der Waals surface area contributed by atoms with E-state index in [2.05, 4.69) is 15.9 Å². The fourth-order valence-electron chi connectivity index (χ4n) is 1.21. The van der Waals surface area contributed by atoms with Crippen molar-refractivity contribution in [3.05, 3.63) is 27.2 Å². The van der Waals surface area contributed by atoms with E-state index in [-0.39, 0.29) is 26.1 Å². The molecule has 0 aliphatic carbocycles. The topological polar surface area (TPSA) is 86.5 Å². The first-order valence-corrected chi connectivity index (χ1v) is 8.11. The summed E-state index contributed by atoms with van der Waals surface area (Å²) in [6.45, 7) is 3.58. The Hall–Kier alpha value is -0.630. The quantitative estimate of drug-likeness (QED) is 0.826. The summed E-state index contributed by atoms with van der Waals surface area (Å²) in [6, 6.07) is 2.34. The van der Waals surface area contributed by atoms with Gasteiger partial charge in [0.1, 0.15) is 0 Å². The Kier molecular flexibility index (Phi) is 5.37. The SMILES string of the molecule is CCC(C)OC(=O)c1cc(S(N)(=O)=O)cc(Br)c1Cl. The molecular formula is C11H13BrClNO4S. The number of halogens is 2. The fourth-order valence-corrected chi connectivity index (χ4v) is 2.57. The molecule has 1 aromatic carbocycles. The summed E-state index contributed by atoms with van der Waals surface area (Å²) < 4.78 is 28.0. The van der Waals surface area contributed by atoms with Gasteiger partial charge in [-0.15, -0.1) is 0 Å². The van der Waals surface area contributed by atoms with E-state index in [0.29, 0.717) is 6.42 Å². The minimum Gasteiger partial charge on any atom is -0.459 e. The molecule has 1 rings (SSSR count). The highest BCUT2D eigenvalue weighted by molar-refractivity contribution is 9.10. The molecule has 0 radical (unpaired) electrons. The van der Waals surface area contributed by atoms with Gasteiger partial charge in [0.25, 0.3) is 0 Å². The van der Waals surface area contributed by atoms with E-state index >= 15 is 0 Å². The zero-order chi connectivity index (χ0) is 14.8. The van der Waals surface area contributed by atoms with Gasteiger partial charge in [-0.05, 0) is 41.4 Å². The van der Waals surface area contributed by atoms with E-state index in [4.69, 9.17) is 21.5 Å². The second kappa shape index (κ2) is 6.21. The first kappa shape index (κ1) is 16.4. The van der Waals surface area contributed by atoms with Crippen LogP contribution in [0.5, 0.6) is 0 Å². The minimum atomic E-state index is -3.93. The summed E-state index contributed by atoms with van der Waals surface area (Å²) in [6.07, 6.45) is 0.347. The van der Waals surface area contributed by atoms with E-state index in [1.165, 1.54) is 6.07 Å². The second-order valence-electron chi connectivity index (χ2n) is 3.94. The van der Waals surface area contributed by atoms with E-state index in [9.17, 15) is 13.2 Å². The number of sulfonamides is 1. The van der Waals surface area contributed by atoms with E-state index in [1.807, 2.05) is 6.92 Å². The lowest BCUT2D eigenvalue weighted by molar-refractivity contribution is 0.0334. The van der Waals surface area contributed by atoms with Crippen LogP contribution in [0.3, 0.4) is 0 Å². The first-order valence-electron chi connectivity index (χ1n) is 5.39. The maximum absolute atomic E-state index is 11.9. The van der Waals surface area contributed by atoms with Crippen molar-refractivity contribution in [1.29, 1.82) is 0 Å². The number of carbonyl (C=O) groups is 1. The Labute approximate surface area is 125 Å². The third kappa shape index (κ3) is 4.17. The van der Waals surface area contributed by atoms with Crippen LogP contribution in [0.2, 0.25) is 5.02 Å². The number of benzene rings is 1. The van der Waals surface area contributed by atoms with Crippen LogP contribution in [0.1, 0.15) is 30.6 Å². The van der Waals surface area contributed by atoms with Crippen LogP contribution in [0.15, 0.2) is 21.5 Å². The predicted molar refractivity (Wildman–Crippen MR) is 75.7 cm³/mol. The molecule has 1 aromatic rings. The summed E-state index contributed by atoms with van der Waals surface area (Å²) in [4.78, 5) is 11.7. The van der Waals surface area contributed by atoms with Gasteiger partial charge < -0.3 is 4.74 Å². The standard InChI is InChI=1S/C11H13BrClNO4S/c1-3-6(2)18-11(15)8-4-7(19(14,16)17)5-9(12)10(8)13/h4-6H,3H2,1-2H3,(H2,14,16,17). The summed E-state index contributed by atoms with van der Waals surface area (Å²) >= 11 is 9.03. The van der Waals surface area contributed by atoms with E-state index in [1.54, 1.807) is 6.92 Å². The van der Waals surface area contributed by atoms with Crippen LogP contribution in [0.25, 0.3) is 0 Å². The maximum atomic E-state index is 11.9. The van der Waals surface area contributed by atoms with Crippen LogP contribution in [0, 0.1) is 0 Å². The average Bonchev–Trinajstić information content (AvgIpc) is 2.30. The molecular weight excluding hydrogens is 358 g/mol. The molecule has 0 aliphatic heterocycles. The Morgan fingerprint density at radius 3 is 2.58 bits per heavy atom. The van der Waals surface area contributed by atoms with Gasteiger partial charge in [0.2, 0.25) is 10.0 Å². The van der Waals surface area contributed by atoms with Crippen LogP contribution in [-0.4, -0.2) is 20.5 Å². The Balaban J connectivity index is 3.27. The highest BCUT2D eigenvalue weighted by Crippen LogP contribution is 2.30. The number of ether oxygens (including phenoxy) is 1. The Morgan fingerprint density at radius 2 is 2.11 bits per heavy atom. The number of carbonyl (C=O) groups excluding carboxylic acids is 1. The molecule has 0 amide bonds. The summed E-state index contributed by atoms with van der Waals surface area (Å²) in [7, 11) is -3.93. The fraction of sp³-hybridized carbons (Fsp3) is 0.364. The zero-order valence-corrected chi connectivity index (χ0v) is 13.5. The van der Waals surface area contributed by atoms with Crippen molar-refractivity contribution in [1.82, 2.24) is 0 Å². The van der Waals surface area contributed by atoms with Gasteiger partial charge in [0, 0.05) is 4.47 Å². The van der Waals surface area contributed by atoms with Crippen LogP contribution in [-0.2, 0) is 14.8 Å². The molecule has 0 aliphatic rings. The molecule has 5 nitrogen and oxygen atoms in total. The molecule has 106 valence electrons. The normalized spacial score (nSPS) is 13.1. The van der Waals surface area contributed by atoms with Crippen molar-refractivity contribution in [3.63, 3.8) is 0 Å². The molecule has 0 aromatic heterocycles. The maximum Gasteiger partial charge on any atom is 0.339 e. The van der Waals surface area contributed by atoms with Gasteiger partial charge in [-0.25, -0.2) is 18.4 Å². The van der Waals surface area contributed by atoms with Gasteiger partial charge in [-0.1, -0.05) is 18.5 Å². The van der Waals surface area contributed by atoms with Gasteiger partial charge in [-0.2, -0.15) is 0 Å². The van der Waals surface area contributed by atoms with Gasteiger partial charge in [0.05, 0.1) is 21.6 Å². The van der Waals surface area contributed by atoms with Crippen molar-refractivity contribution in [3.8, 4) is 0 Å². The van der Waals surface area contributed by atoms with Gasteiger partial charge in [0.15, 0.2) is 0 Å². The third-order valence-electron chi connectivity index (χ3n) is 2.43. The number of esters is 1. The molecule has 0 saturated carbocycles. The Morgan fingerprint density at radius 1 is 1.53 bits per heavy atom. The number of hydrogen-bond acceptors (Lipinski definition) is 4. The zero-order valence-electron chi connectivity index (χ0n) is 10.3. The minimum absolute atomic E-state index is 0.0413. The van der Waals surface area contributed by atoms with Crippen LogP contribution >= 0.6 is 27.5 Å². The molecule has 1 unspecified atom stereocenters. The van der Waals surface area contributed by atoms with Crippen molar-refractivity contribution in [2.45, 2.75) is 31.3 Å². The molecule has 8 heteroatoms. The molecule has 0 spiro atoms. The molecule has 1 atom stereocenters. The smallest absolute Gasteiger partial charge is 0.339 e. The molecule has 0 heterocycles. The molecule has 2 N–H and O–H groups in total. The lowest BCUT2D eigenvalue weighted by Gasteiger charge is -2.13. The summed E-state index contributed by atoms with van der Waals surface area (Å²) in [5.41, 5.74) is -0.0413. The first-order chi connectivity index (χ1) is 8.66. The molecule has 0 bridgehead atoms. The number of hydrogen-bond donors (Lipinski definition) is 1. The molecule has 0 saturated heterocycles. The Bertz CT molecular complexity index is 603. The van der Waals surface area contributed by atoms with E-state index in [0.717, 1.165) is 6.07 Å². The summed E-state index contributed by atoms with van der Waals surface area (Å²) in [5.74, 6) is -0.689. The van der Waals surface area contributed by atoms with Gasteiger partial charge >= 0.3 is 5.97 Å². The monoisotopic (exact) mass is 369 g/mol. The number of primary sulfonamides is 1. The van der Waals surface area contributed by atoms with Crippen molar-refractivity contribution in [2.24, 2.45) is 5.14 Å². The van der Waals surface area contributed by atoms with E-state index < -0.39 is 16.0 Å². The second-order valence-corrected chi connectivity index (χ2v) is 6.73. The average molecular weight is 371 g/mol. The van der Waals surface area contributed by atoms with Crippen molar-refractivity contribution < 1.29 is 17.9 Å². The lowest BCUT2D eigenvalue weighted by Crippen LogP contribution is -2.17. The number of rotatable bonds is 4. The number of nitrogens with two attached hydrogens (primary N) is 1. The summed E-state index contributed by atoms with van der Waals surface area (Å²) in [5, 5.41) is 5.11. The van der Waals surface area contributed by atoms with Crippen LogP contribution in [0.4, 0.5) is 0 Å². The van der Waals surface area contributed by atoms with Crippen molar-refractivity contribution >= 4 is 43.5 Å². The highest BCUT2D eigenvalue weighted by Gasteiger charge is 2.21. The third-order valence-corrected chi connectivity index (χ3v) is 4.59. The predicted octanol–water partition coefficient (Wildman–Crippen LogP) is 2.71. The van der Waals surface area contributed by atoms with Crippen LogP contribution < -0.4 is 5.14 Å².